The molecule has 2 atom stereocenters. The van der Waals surface area contributed by atoms with Gasteiger partial charge in [0.15, 0.2) is 0 Å². The van der Waals surface area contributed by atoms with Gasteiger partial charge in [0.2, 0.25) is 0 Å². The minimum absolute atomic E-state index is 0.0745. The minimum atomic E-state index is -0.445. The van der Waals surface area contributed by atoms with Gasteiger partial charge in [0.05, 0.1) is 6.10 Å². The summed E-state index contributed by atoms with van der Waals surface area (Å²) in [6.07, 6.45) is 3.92. The summed E-state index contributed by atoms with van der Waals surface area (Å²) in [5, 5.41) is 0. The van der Waals surface area contributed by atoms with Crippen molar-refractivity contribution in [1.29, 1.82) is 0 Å². The second kappa shape index (κ2) is 6.59. The number of rotatable bonds is 2. The first-order valence-corrected chi connectivity index (χ1v) is 9.87. The summed E-state index contributed by atoms with van der Waals surface area (Å²) in [4.78, 5) is 14.0. The Morgan fingerprint density at radius 2 is 2.11 bits per heavy atom. The molecular formula is C21H30N2O4. The largest absolute Gasteiger partial charge is 0.492 e. The second-order valence-electron chi connectivity index (χ2n) is 9.36. The van der Waals surface area contributed by atoms with Gasteiger partial charge in [-0.25, -0.2) is 4.79 Å². The van der Waals surface area contributed by atoms with Crippen LogP contribution >= 0.6 is 0 Å². The van der Waals surface area contributed by atoms with Gasteiger partial charge in [0.1, 0.15) is 23.7 Å². The van der Waals surface area contributed by atoms with Crippen molar-refractivity contribution < 1.29 is 19.0 Å². The van der Waals surface area contributed by atoms with Gasteiger partial charge >= 0.3 is 6.09 Å². The monoisotopic (exact) mass is 374 g/mol. The average molecular weight is 374 g/mol. The van der Waals surface area contributed by atoms with Gasteiger partial charge in [-0.05, 0) is 58.1 Å². The molecule has 1 aliphatic carbocycles. The van der Waals surface area contributed by atoms with Crippen LogP contribution in [0, 0.1) is 5.41 Å². The molecule has 27 heavy (non-hydrogen) atoms. The molecule has 2 N–H and O–H groups in total. The number of hydrogen-bond acceptors (Lipinski definition) is 5. The fourth-order valence-electron chi connectivity index (χ4n) is 4.40. The molecule has 6 heteroatoms. The minimum Gasteiger partial charge on any atom is -0.492 e. The van der Waals surface area contributed by atoms with Crippen LogP contribution in [0.15, 0.2) is 18.2 Å². The molecule has 148 valence electrons. The Morgan fingerprint density at radius 1 is 1.33 bits per heavy atom. The third-order valence-corrected chi connectivity index (χ3v) is 5.64. The normalized spacial score (nSPS) is 26.1. The van der Waals surface area contributed by atoms with Crippen molar-refractivity contribution in [2.24, 2.45) is 11.1 Å². The second-order valence-corrected chi connectivity index (χ2v) is 9.36. The van der Waals surface area contributed by atoms with Gasteiger partial charge in [-0.1, -0.05) is 6.07 Å². The zero-order valence-electron chi connectivity index (χ0n) is 16.5. The van der Waals surface area contributed by atoms with E-state index in [1.807, 2.05) is 37.8 Å². The van der Waals surface area contributed by atoms with Crippen LogP contribution < -0.4 is 15.2 Å². The number of hydrogen-bond donors (Lipinski definition) is 1. The topological polar surface area (TPSA) is 74.0 Å². The number of carbonyl (C=O) groups is 1. The first-order chi connectivity index (χ1) is 12.7. The highest BCUT2D eigenvalue weighted by atomic mass is 16.6. The van der Waals surface area contributed by atoms with E-state index in [0.717, 1.165) is 55.8 Å². The Morgan fingerprint density at radius 3 is 2.85 bits per heavy atom. The Labute approximate surface area is 160 Å². The van der Waals surface area contributed by atoms with Crippen LogP contribution in [-0.4, -0.2) is 48.4 Å². The molecular weight excluding hydrogens is 344 g/mol. The van der Waals surface area contributed by atoms with E-state index in [-0.39, 0.29) is 23.7 Å². The van der Waals surface area contributed by atoms with Crippen LogP contribution in [0.4, 0.5) is 4.79 Å². The summed E-state index contributed by atoms with van der Waals surface area (Å²) in [5.41, 5.74) is 6.84. The molecule has 0 aromatic heterocycles. The fraction of sp³-hybridized carbons (Fsp3) is 0.667. The van der Waals surface area contributed by atoms with Crippen molar-refractivity contribution in [1.82, 2.24) is 4.90 Å². The molecule has 6 nitrogen and oxygen atoms in total. The zero-order chi connectivity index (χ0) is 19.2. The third-order valence-electron chi connectivity index (χ3n) is 5.64. The highest BCUT2D eigenvalue weighted by molar-refractivity contribution is 5.69. The molecule has 1 spiro atoms. The van der Waals surface area contributed by atoms with E-state index in [4.69, 9.17) is 19.9 Å². The van der Waals surface area contributed by atoms with Gasteiger partial charge in [-0.3, -0.25) is 0 Å². The lowest BCUT2D eigenvalue weighted by molar-refractivity contribution is -0.0350. The van der Waals surface area contributed by atoms with Crippen molar-refractivity contribution in [3.05, 3.63) is 23.8 Å². The third kappa shape index (κ3) is 4.00. The predicted molar refractivity (Wildman–Crippen MR) is 102 cm³/mol. The molecule has 0 radical (unpaired) electrons. The van der Waals surface area contributed by atoms with Crippen LogP contribution in [0.1, 0.15) is 45.6 Å². The molecule has 1 saturated carbocycles. The highest BCUT2D eigenvalue weighted by Gasteiger charge is 2.51. The van der Waals surface area contributed by atoms with Crippen molar-refractivity contribution in [2.75, 3.05) is 19.7 Å². The lowest BCUT2D eigenvalue weighted by Gasteiger charge is -2.48. The number of nitrogens with two attached hydrogens (primary N) is 1. The summed E-state index contributed by atoms with van der Waals surface area (Å²) in [6, 6.07) is 6.13. The number of benzene rings is 1. The number of carbonyl (C=O) groups excluding carboxylic acids is 1. The first kappa shape index (κ1) is 18.4. The van der Waals surface area contributed by atoms with Crippen molar-refractivity contribution >= 4 is 6.09 Å². The molecule has 1 aromatic rings. The number of nitrogens with zero attached hydrogens (tertiary/aromatic N) is 1. The number of fused-ring (bicyclic) bond motifs is 1. The Kier molecular flexibility index (Phi) is 4.49. The summed E-state index contributed by atoms with van der Waals surface area (Å²) >= 11 is 0. The Bertz CT molecular complexity index is 721. The van der Waals surface area contributed by atoms with E-state index in [9.17, 15) is 4.79 Å². The van der Waals surface area contributed by atoms with Crippen LogP contribution in [0.5, 0.6) is 11.5 Å². The van der Waals surface area contributed by atoms with E-state index in [2.05, 4.69) is 6.07 Å². The van der Waals surface area contributed by atoms with E-state index >= 15 is 0 Å². The van der Waals surface area contributed by atoms with Gasteiger partial charge in [-0.2, -0.15) is 0 Å². The summed E-state index contributed by atoms with van der Waals surface area (Å²) in [7, 11) is 0. The smallest absolute Gasteiger partial charge is 0.410 e. The molecule has 1 aromatic carbocycles. The van der Waals surface area contributed by atoms with E-state index in [1.54, 1.807) is 0 Å². The molecule has 2 fully saturated rings. The van der Waals surface area contributed by atoms with Gasteiger partial charge < -0.3 is 24.8 Å². The molecule has 2 heterocycles. The maximum atomic E-state index is 12.2. The fourth-order valence-corrected chi connectivity index (χ4v) is 4.40. The number of amides is 1. The Balaban J connectivity index is 1.30. The molecule has 1 amide bonds. The first-order valence-electron chi connectivity index (χ1n) is 9.87. The Hall–Kier alpha value is -1.95. The van der Waals surface area contributed by atoms with Crippen LogP contribution in [0.3, 0.4) is 0 Å². The SMILES string of the molecule is CC(C)(C)OC(=O)N1CC2(CCC(Oc3ccc4c(c3)OC[C@H](N)C4)C2)C1. The quantitative estimate of drug-likeness (QED) is 0.861. The van der Waals surface area contributed by atoms with Gasteiger partial charge in [0, 0.05) is 30.6 Å². The average Bonchev–Trinajstić information content (AvgIpc) is 2.96. The molecule has 3 aliphatic rings. The van der Waals surface area contributed by atoms with E-state index in [1.165, 1.54) is 0 Å². The lowest BCUT2D eigenvalue weighted by Crippen LogP contribution is -2.58. The van der Waals surface area contributed by atoms with Crippen LogP contribution in [0.25, 0.3) is 0 Å². The van der Waals surface area contributed by atoms with Crippen molar-refractivity contribution in [3.63, 3.8) is 0 Å². The predicted octanol–water partition coefficient (Wildman–Crippen LogP) is 3.12. The zero-order valence-corrected chi connectivity index (χ0v) is 16.5. The summed E-state index contributed by atoms with van der Waals surface area (Å²) < 4.78 is 17.4. The molecule has 2 aliphatic heterocycles. The molecule has 4 rings (SSSR count). The maximum Gasteiger partial charge on any atom is 0.410 e. The van der Waals surface area contributed by atoms with E-state index in [0.29, 0.717) is 6.61 Å². The highest BCUT2D eigenvalue weighted by Crippen LogP contribution is 2.47. The van der Waals surface area contributed by atoms with Crippen molar-refractivity contribution in [3.8, 4) is 11.5 Å². The lowest BCUT2D eigenvalue weighted by atomic mass is 9.78. The van der Waals surface area contributed by atoms with Gasteiger partial charge in [0.25, 0.3) is 0 Å². The number of ether oxygens (including phenoxy) is 3. The standard InChI is InChI=1S/C21H30N2O4/c1-20(2,3)27-19(24)23-12-21(13-23)7-6-17(10-21)26-16-5-4-14-8-15(22)11-25-18(14)9-16/h4-5,9,15,17H,6-8,10-13,22H2,1-3H3/t15-,17?/m1/s1. The van der Waals surface area contributed by atoms with E-state index < -0.39 is 5.60 Å². The number of likely N-dealkylation sites (tertiary alicyclic amines) is 1. The maximum absolute atomic E-state index is 12.2. The van der Waals surface area contributed by atoms with Crippen LogP contribution in [0.2, 0.25) is 0 Å². The van der Waals surface area contributed by atoms with Crippen molar-refractivity contribution in [2.45, 2.75) is 64.2 Å². The molecule has 0 bridgehead atoms. The summed E-state index contributed by atoms with van der Waals surface area (Å²) in [5.74, 6) is 1.75. The van der Waals surface area contributed by atoms with Gasteiger partial charge in [-0.15, -0.1) is 0 Å². The van der Waals surface area contributed by atoms with Crippen LogP contribution in [-0.2, 0) is 11.2 Å². The summed E-state index contributed by atoms with van der Waals surface area (Å²) in [6.45, 7) is 7.80. The molecule has 1 saturated heterocycles. The molecule has 1 unspecified atom stereocenters.